The van der Waals surface area contributed by atoms with E-state index >= 15 is 0 Å². The van der Waals surface area contributed by atoms with E-state index in [1.807, 2.05) is 6.92 Å². The zero-order chi connectivity index (χ0) is 11.0. The molecule has 0 atom stereocenters. The van der Waals surface area contributed by atoms with Crippen LogP contribution in [-0.2, 0) is 14.3 Å². The van der Waals surface area contributed by atoms with Crippen LogP contribution in [-0.4, -0.2) is 37.5 Å². The minimum absolute atomic E-state index is 0.0155. The molecule has 0 saturated heterocycles. The van der Waals surface area contributed by atoms with E-state index < -0.39 is 5.97 Å². The first-order valence-corrected chi connectivity index (χ1v) is 4.25. The smallest absolute Gasteiger partial charge is 0.335 e. The van der Waals surface area contributed by atoms with Gasteiger partial charge in [-0.2, -0.15) is 0 Å². The predicted octanol–water partition coefficient (Wildman–Crippen LogP) is 0.671. The van der Waals surface area contributed by atoms with E-state index in [1.165, 1.54) is 0 Å². The van der Waals surface area contributed by atoms with Crippen LogP contribution in [0.15, 0.2) is 24.3 Å². The third-order valence-electron chi connectivity index (χ3n) is 1.24. The van der Waals surface area contributed by atoms with E-state index in [9.17, 15) is 4.79 Å². The summed E-state index contributed by atoms with van der Waals surface area (Å²) in [7, 11) is 0. The van der Waals surface area contributed by atoms with Crippen molar-refractivity contribution in [1.29, 1.82) is 0 Å². The maximum atomic E-state index is 11.0. The number of rotatable bonds is 7. The van der Waals surface area contributed by atoms with Gasteiger partial charge in [0.25, 0.3) is 0 Å². The fraction of sp³-hybridized carbons (Fsp3) is 0.500. The van der Waals surface area contributed by atoms with Gasteiger partial charge in [-0.15, -0.1) is 0 Å². The third kappa shape index (κ3) is 6.39. The van der Waals surface area contributed by atoms with Gasteiger partial charge in [0, 0.05) is 0 Å². The van der Waals surface area contributed by atoms with Crippen molar-refractivity contribution in [3.8, 4) is 0 Å². The van der Waals surface area contributed by atoms with E-state index in [0.717, 1.165) is 5.57 Å². The molecule has 4 heteroatoms. The number of aliphatic hydroxyl groups excluding tert-OH is 1. The summed E-state index contributed by atoms with van der Waals surface area (Å²) < 4.78 is 9.72. The van der Waals surface area contributed by atoms with Crippen molar-refractivity contribution in [2.75, 3.05) is 26.4 Å². The quantitative estimate of drug-likeness (QED) is 0.373. The van der Waals surface area contributed by atoms with Gasteiger partial charge in [-0.05, 0) is 6.92 Å². The Kier molecular flexibility index (Phi) is 6.70. The van der Waals surface area contributed by atoms with Crippen molar-refractivity contribution in [1.82, 2.24) is 0 Å². The molecule has 0 aromatic rings. The lowest BCUT2D eigenvalue weighted by Gasteiger charge is -2.06. The average molecular weight is 200 g/mol. The van der Waals surface area contributed by atoms with Gasteiger partial charge < -0.3 is 14.6 Å². The lowest BCUT2D eigenvalue weighted by atomic mass is 10.3. The van der Waals surface area contributed by atoms with Crippen molar-refractivity contribution < 1.29 is 19.4 Å². The minimum atomic E-state index is -0.541. The normalized spacial score (nSPS) is 9.57. The van der Waals surface area contributed by atoms with Crippen LogP contribution in [0.2, 0.25) is 0 Å². The van der Waals surface area contributed by atoms with Crippen LogP contribution in [0.3, 0.4) is 0 Å². The van der Waals surface area contributed by atoms with Crippen molar-refractivity contribution in [2.45, 2.75) is 6.92 Å². The summed E-state index contributed by atoms with van der Waals surface area (Å²) in [5.74, 6) is -0.541. The molecule has 14 heavy (non-hydrogen) atoms. The standard InChI is InChI=1S/C10H16O4/c1-8(2)6-13-7-9(3)10(12)14-5-4-11/h11H,1,3-7H2,2H3. The highest BCUT2D eigenvalue weighted by atomic mass is 16.5. The first-order chi connectivity index (χ1) is 6.57. The minimum Gasteiger partial charge on any atom is -0.460 e. The number of aliphatic hydroxyl groups is 1. The molecule has 4 nitrogen and oxygen atoms in total. The Morgan fingerprint density at radius 3 is 2.50 bits per heavy atom. The topological polar surface area (TPSA) is 55.8 Å². The lowest BCUT2D eigenvalue weighted by molar-refractivity contribution is -0.140. The second-order valence-corrected chi connectivity index (χ2v) is 2.91. The largest absolute Gasteiger partial charge is 0.460 e. The fourth-order valence-electron chi connectivity index (χ4n) is 0.648. The van der Waals surface area contributed by atoms with Crippen molar-refractivity contribution in [2.24, 2.45) is 0 Å². The highest BCUT2D eigenvalue weighted by Gasteiger charge is 2.07. The number of carbonyl (C=O) groups excluding carboxylic acids is 1. The molecule has 0 unspecified atom stereocenters. The summed E-state index contributed by atoms with van der Waals surface area (Å²) in [6.45, 7) is 9.28. The summed E-state index contributed by atoms with van der Waals surface area (Å²) in [5.41, 5.74) is 1.11. The van der Waals surface area contributed by atoms with Crippen LogP contribution in [0.1, 0.15) is 6.92 Å². The Balaban J connectivity index is 3.62. The maximum Gasteiger partial charge on any atom is 0.335 e. The monoisotopic (exact) mass is 200 g/mol. The number of ether oxygens (including phenoxy) is 2. The van der Waals surface area contributed by atoms with Gasteiger partial charge in [-0.25, -0.2) is 4.79 Å². The molecule has 0 amide bonds. The van der Waals surface area contributed by atoms with Gasteiger partial charge in [0.2, 0.25) is 0 Å². The number of esters is 1. The van der Waals surface area contributed by atoms with Gasteiger partial charge >= 0.3 is 5.97 Å². The van der Waals surface area contributed by atoms with Gasteiger partial charge in [0.1, 0.15) is 6.61 Å². The van der Waals surface area contributed by atoms with E-state index in [4.69, 9.17) is 9.84 Å². The van der Waals surface area contributed by atoms with Crippen molar-refractivity contribution in [3.05, 3.63) is 24.3 Å². The molecule has 0 aliphatic heterocycles. The van der Waals surface area contributed by atoms with Crippen LogP contribution >= 0.6 is 0 Å². The number of hydrogen-bond donors (Lipinski definition) is 1. The number of carbonyl (C=O) groups is 1. The Labute approximate surface area is 83.8 Å². The molecular weight excluding hydrogens is 184 g/mol. The molecule has 0 aliphatic carbocycles. The zero-order valence-corrected chi connectivity index (χ0v) is 8.41. The van der Waals surface area contributed by atoms with Crippen LogP contribution < -0.4 is 0 Å². The van der Waals surface area contributed by atoms with E-state index in [1.54, 1.807) is 0 Å². The second kappa shape index (κ2) is 7.29. The van der Waals surface area contributed by atoms with Crippen molar-refractivity contribution >= 4 is 5.97 Å². The highest BCUT2D eigenvalue weighted by Crippen LogP contribution is 1.97. The molecule has 0 saturated carbocycles. The van der Waals surface area contributed by atoms with E-state index in [2.05, 4.69) is 17.9 Å². The molecule has 0 bridgehead atoms. The van der Waals surface area contributed by atoms with Crippen LogP contribution in [0, 0.1) is 0 Å². The summed E-state index contributed by atoms with van der Waals surface area (Å²) in [6, 6.07) is 0. The molecular formula is C10H16O4. The Hall–Kier alpha value is -1.13. The van der Waals surface area contributed by atoms with Crippen LogP contribution in [0.5, 0.6) is 0 Å². The Morgan fingerprint density at radius 2 is 2.00 bits per heavy atom. The summed E-state index contributed by atoms with van der Waals surface area (Å²) in [4.78, 5) is 11.0. The van der Waals surface area contributed by atoms with Gasteiger partial charge in [0.05, 0.1) is 25.4 Å². The summed E-state index contributed by atoms with van der Waals surface area (Å²) >= 11 is 0. The van der Waals surface area contributed by atoms with E-state index in [0.29, 0.717) is 6.61 Å². The molecule has 0 radical (unpaired) electrons. The first kappa shape index (κ1) is 12.9. The molecule has 0 aromatic heterocycles. The molecule has 0 fully saturated rings. The molecule has 0 heterocycles. The molecule has 0 spiro atoms. The van der Waals surface area contributed by atoms with Crippen molar-refractivity contribution in [3.63, 3.8) is 0 Å². The number of hydrogen-bond acceptors (Lipinski definition) is 4. The van der Waals surface area contributed by atoms with Gasteiger partial charge in [-0.3, -0.25) is 0 Å². The molecule has 0 rings (SSSR count). The van der Waals surface area contributed by atoms with Gasteiger partial charge in [-0.1, -0.05) is 18.7 Å². The molecule has 0 aromatic carbocycles. The lowest BCUT2D eigenvalue weighted by Crippen LogP contribution is -2.14. The van der Waals surface area contributed by atoms with Crippen LogP contribution in [0.25, 0.3) is 0 Å². The maximum absolute atomic E-state index is 11.0. The Morgan fingerprint density at radius 1 is 1.36 bits per heavy atom. The third-order valence-corrected chi connectivity index (χ3v) is 1.24. The molecule has 0 aliphatic rings. The van der Waals surface area contributed by atoms with Gasteiger partial charge in [0.15, 0.2) is 0 Å². The average Bonchev–Trinajstić information content (AvgIpc) is 2.13. The Bertz CT molecular complexity index is 220. The molecule has 80 valence electrons. The predicted molar refractivity (Wildman–Crippen MR) is 52.8 cm³/mol. The highest BCUT2D eigenvalue weighted by molar-refractivity contribution is 5.87. The zero-order valence-electron chi connectivity index (χ0n) is 8.41. The summed E-state index contributed by atoms with van der Waals surface area (Å²) in [5, 5.41) is 8.40. The molecule has 1 N–H and O–H groups in total. The SMILES string of the molecule is C=C(C)COCC(=C)C(=O)OCCO. The van der Waals surface area contributed by atoms with E-state index in [-0.39, 0.29) is 25.4 Å². The van der Waals surface area contributed by atoms with Crippen LogP contribution in [0.4, 0.5) is 0 Å². The fourth-order valence-corrected chi connectivity index (χ4v) is 0.648. The summed E-state index contributed by atoms with van der Waals surface area (Å²) in [6.07, 6.45) is 0. The second-order valence-electron chi connectivity index (χ2n) is 2.91. The first-order valence-electron chi connectivity index (χ1n) is 4.25.